The topological polar surface area (TPSA) is 80.1 Å². The van der Waals surface area contributed by atoms with Crippen LogP contribution in [0.25, 0.3) is 0 Å². The minimum atomic E-state index is -0.290. The number of amides is 2. The molecular formula is C15H19N5O2. The minimum absolute atomic E-state index is 0.0362. The number of aryl methyl sites for hydroxylation is 1. The third-order valence-corrected chi connectivity index (χ3v) is 3.29. The molecule has 0 aliphatic rings. The maximum atomic E-state index is 12.2. The highest BCUT2D eigenvalue weighted by atomic mass is 16.2. The summed E-state index contributed by atoms with van der Waals surface area (Å²) in [6, 6.07) is 6.57. The highest BCUT2D eigenvalue weighted by Crippen LogP contribution is 2.10. The summed E-state index contributed by atoms with van der Waals surface area (Å²) in [5.41, 5.74) is 1.03. The molecule has 0 aliphatic carbocycles. The molecule has 0 atom stereocenters. The Hall–Kier alpha value is -2.70. The largest absolute Gasteiger partial charge is 0.339 e. The summed E-state index contributed by atoms with van der Waals surface area (Å²) in [6.07, 6.45) is 1.61. The lowest BCUT2D eigenvalue weighted by molar-refractivity contribution is 0.0772. The molecule has 1 heterocycles. The molecular weight excluding hydrogens is 282 g/mol. The second-order valence-electron chi connectivity index (χ2n) is 4.79. The monoisotopic (exact) mass is 301 g/mol. The number of hydrogen-bond acceptors (Lipinski definition) is 4. The first-order valence-electron chi connectivity index (χ1n) is 7.12. The Morgan fingerprint density at radius 1 is 1.14 bits per heavy atom. The van der Waals surface area contributed by atoms with Crippen LogP contribution in [-0.4, -0.2) is 44.8 Å². The van der Waals surface area contributed by atoms with Gasteiger partial charge in [-0.05, 0) is 38.1 Å². The van der Waals surface area contributed by atoms with Crippen LogP contribution >= 0.6 is 0 Å². The number of rotatable bonds is 5. The molecule has 2 amide bonds. The van der Waals surface area contributed by atoms with E-state index in [0.717, 1.165) is 0 Å². The van der Waals surface area contributed by atoms with Gasteiger partial charge in [-0.1, -0.05) is 5.21 Å². The molecule has 22 heavy (non-hydrogen) atoms. The fourth-order valence-electron chi connectivity index (χ4n) is 2.05. The lowest BCUT2D eigenvalue weighted by atomic mass is 10.1. The van der Waals surface area contributed by atoms with Gasteiger partial charge >= 0.3 is 0 Å². The molecule has 2 rings (SSSR count). The molecule has 0 unspecified atom stereocenters. The number of anilines is 1. The molecule has 0 fully saturated rings. The molecule has 0 saturated heterocycles. The van der Waals surface area contributed by atoms with E-state index in [0.29, 0.717) is 30.0 Å². The van der Waals surface area contributed by atoms with Crippen LogP contribution in [0.15, 0.2) is 30.5 Å². The van der Waals surface area contributed by atoms with Crippen LogP contribution in [0.1, 0.15) is 34.6 Å². The molecule has 0 aliphatic heterocycles. The quantitative estimate of drug-likeness (QED) is 0.908. The fraction of sp³-hybridized carbons (Fsp3) is 0.333. The number of nitrogens with one attached hydrogen (secondary N) is 1. The van der Waals surface area contributed by atoms with Crippen LogP contribution in [0.2, 0.25) is 0 Å². The average Bonchev–Trinajstić information content (AvgIpc) is 2.93. The van der Waals surface area contributed by atoms with Gasteiger partial charge in [0.2, 0.25) is 0 Å². The molecule has 1 N–H and O–H groups in total. The third kappa shape index (κ3) is 3.49. The van der Waals surface area contributed by atoms with Crippen LogP contribution in [0.5, 0.6) is 0 Å². The van der Waals surface area contributed by atoms with Crippen molar-refractivity contribution in [3.05, 3.63) is 41.6 Å². The van der Waals surface area contributed by atoms with Gasteiger partial charge in [-0.15, -0.1) is 5.10 Å². The van der Waals surface area contributed by atoms with Gasteiger partial charge in [0.1, 0.15) is 0 Å². The minimum Gasteiger partial charge on any atom is -0.339 e. The van der Waals surface area contributed by atoms with Gasteiger partial charge in [0.15, 0.2) is 5.82 Å². The van der Waals surface area contributed by atoms with Crippen molar-refractivity contribution in [3.63, 3.8) is 0 Å². The second-order valence-corrected chi connectivity index (χ2v) is 4.79. The third-order valence-electron chi connectivity index (χ3n) is 3.29. The van der Waals surface area contributed by atoms with E-state index in [2.05, 4.69) is 15.6 Å². The van der Waals surface area contributed by atoms with Gasteiger partial charge in [-0.2, -0.15) is 0 Å². The van der Waals surface area contributed by atoms with Crippen LogP contribution in [-0.2, 0) is 7.05 Å². The zero-order chi connectivity index (χ0) is 16.1. The van der Waals surface area contributed by atoms with Gasteiger partial charge in [0.25, 0.3) is 11.8 Å². The van der Waals surface area contributed by atoms with Crippen molar-refractivity contribution in [3.8, 4) is 0 Å². The molecule has 1 aromatic carbocycles. The number of aromatic nitrogens is 3. The summed E-state index contributed by atoms with van der Waals surface area (Å²) in [4.78, 5) is 26.0. The van der Waals surface area contributed by atoms with E-state index < -0.39 is 0 Å². The zero-order valence-corrected chi connectivity index (χ0v) is 12.9. The van der Waals surface area contributed by atoms with Crippen LogP contribution < -0.4 is 5.32 Å². The molecule has 1 aromatic heterocycles. The predicted molar refractivity (Wildman–Crippen MR) is 82.6 cm³/mol. The molecule has 0 bridgehead atoms. The van der Waals surface area contributed by atoms with E-state index in [1.807, 2.05) is 13.8 Å². The van der Waals surface area contributed by atoms with Gasteiger partial charge in [0, 0.05) is 31.3 Å². The zero-order valence-electron chi connectivity index (χ0n) is 12.9. The molecule has 116 valence electrons. The highest BCUT2D eigenvalue weighted by molar-refractivity contribution is 6.04. The van der Waals surface area contributed by atoms with E-state index in [9.17, 15) is 9.59 Å². The maximum absolute atomic E-state index is 12.2. The number of carbonyl (C=O) groups excluding carboxylic acids is 2. The van der Waals surface area contributed by atoms with Gasteiger partial charge in [0.05, 0.1) is 6.20 Å². The van der Waals surface area contributed by atoms with Crippen molar-refractivity contribution in [1.82, 2.24) is 19.9 Å². The first-order valence-corrected chi connectivity index (χ1v) is 7.12. The first-order chi connectivity index (χ1) is 10.5. The number of nitrogens with zero attached hydrogens (tertiary/aromatic N) is 4. The van der Waals surface area contributed by atoms with E-state index >= 15 is 0 Å². The van der Waals surface area contributed by atoms with Crippen LogP contribution in [0.3, 0.4) is 0 Å². The van der Waals surface area contributed by atoms with Crippen molar-refractivity contribution in [2.75, 3.05) is 18.4 Å². The van der Waals surface area contributed by atoms with E-state index in [1.165, 1.54) is 4.68 Å². The van der Waals surface area contributed by atoms with Gasteiger partial charge in [-0.25, -0.2) is 0 Å². The average molecular weight is 301 g/mol. The maximum Gasteiger partial charge on any atom is 0.256 e. The predicted octanol–water partition coefficient (Wildman–Crippen LogP) is 1.55. The lowest BCUT2D eigenvalue weighted by Gasteiger charge is -2.18. The van der Waals surface area contributed by atoms with E-state index in [4.69, 9.17) is 0 Å². The van der Waals surface area contributed by atoms with E-state index in [-0.39, 0.29) is 11.8 Å². The Labute approximate surface area is 128 Å². The van der Waals surface area contributed by atoms with Crippen molar-refractivity contribution < 1.29 is 9.59 Å². The number of carbonyl (C=O) groups is 2. The van der Waals surface area contributed by atoms with Gasteiger partial charge < -0.3 is 10.2 Å². The molecule has 0 saturated carbocycles. The summed E-state index contributed by atoms with van der Waals surface area (Å²) in [6.45, 7) is 5.18. The molecule has 0 spiro atoms. The first kappa shape index (κ1) is 15.7. The summed E-state index contributed by atoms with van der Waals surface area (Å²) in [7, 11) is 1.72. The summed E-state index contributed by atoms with van der Waals surface area (Å²) >= 11 is 0. The highest BCUT2D eigenvalue weighted by Gasteiger charge is 2.14. The molecule has 2 aromatic rings. The summed E-state index contributed by atoms with van der Waals surface area (Å²) in [5, 5.41) is 10.2. The molecule has 7 heteroatoms. The molecule has 7 nitrogen and oxygen atoms in total. The standard InChI is InChI=1S/C15H19N5O2/c1-4-20(5-2)15(22)12-8-6-11(7-9-12)14(21)16-13-10-19(3)18-17-13/h6-10H,4-5H2,1-3H3,(H,16,21). The Balaban J connectivity index is 2.08. The van der Waals surface area contributed by atoms with E-state index in [1.54, 1.807) is 42.4 Å². The SMILES string of the molecule is CCN(CC)C(=O)c1ccc(C(=O)Nc2cn(C)nn2)cc1. The molecule has 0 radical (unpaired) electrons. The van der Waals surface area contributed by atoms with Crippen molar-refractivity contribution in [1.29, 1.82) is 0 Å². The number of hydrogen-bond donors (Lipinski definition) is 1. The Kier molecular flexibility index (Phi) is 4.88. The number of benzene rings is 1. The normalized spacial score (nSPS) is 10.3. The Morgan fingerprint density at radius 3 is 2.23 bits per heavy atom. The van der Waals surface area contributed by atoms with Crippen molar-refractivity contribution in [2.45, 2.75) is 13.8 Å². The Bertz CT molecular complexity index is 659. The summed E-state index contributed by atoms with van der Waals surface area (Å²) in [5.74, 6) is 0.0593. The van der Waals surface area contributed by atoms with Crippen molar-refractivity contribution in [2.24, 2.45) is 7.05 Å². The van der Waals surface area contributed by atoms with Crippen molar-refractivity contribution >= 4 is 17.6 Å². The summed E-state index contributed by atoms with van der Waals surface area (Å²) < 4.78 is 1.50. The van der Waals surface area contributed by atoms with Crippen LogP contribution in [0.4, 0.5) is 5.82 Å². The van der Waals surface area contributed by atoms with Crippen LogP contribution in [0, 0.1) is 0 Å². The fourth-order valence-corrected chi connectivity index (χ4v) is 2.05. The smallest absolute Gasteiger partial charge is 0.256 e. The van der Waals surface area contributed by atoms with Gasteiger partial charge in [-0.3, -0.25) is 14.3 Å². The second kappa shape index (κ2) is 6.84. The Morgan fingerprint density at radius 2 is 1.73 bits per heavy atom. The lowest BCUT2D eigenvalue weighted by Crippen LogP contribution is -2.30.